The summed E-state index contributed by atoms with van der Waals surface area (Å²) in [5.74, 6) is -1.90. The third-order valence-corrected chi connectivity index (χ3v) is 7.41. The van der Waals surface area contributed by atoms with Crippen LogP contribution < -0.4 is 4.72 Å². The number of esters is 1. The maximum atomic E-state index is 13.1. The average molecular weight is 568 g/mol. The molecule has 0 saturated carbocycles. The van der Waals surface area contributed by atoms with Crippen molar-refractivity contribution in [3.63, 3.8) is 0 Å². The van der Waals surface area contributed by atoms with Gasteiger partial charge in [0, 0.05) is 44.8 Å². The van der Waals surface area contributed by atoms with Crippen LogP contribution in [-0.2, 0) is 31.1 Å². The highest BCUT2D eigenvalue weighted by Crippen LogP contribution is 2.35. The van der Waals surface area contributed by atoms with Gasteiger partial charge in [0.05, 0.1) is 11.6 Å². The summed E-state index contributed by atoms with van der Waals surface area (Å²) < 4.78 is 34.3. The summed E-state index contributed by atoms with van der Waals surface area (Å²) >= 11 is 24.3. The number of hydrogen-bond acceptors (Lipinski definition) is 5. The fraction of sp³-hybridized carbons (Fsp3) is 0.238. The third-order valence-electron chi connectivity index (χ3n) is 4.82. The highest BCUT2D eigenvalue weighted by molar-refractivity contribution is 7.87. The molecule has 13 heteroatoms. The molecule has 1 unspecified atom stereocenters. The van der Waals surface area contributed by atoms with Crippen molar-refractivity contribution in [2.75, 3.05) is 6.54 Å². The lowest BCUT2D eigenvalue weighted by Crippen LogP contribution is -2.46. The first kappa shape index (κ1) is 26.6. The normalized spacial score (nSPS) is 17.2. The van der Waals surface area contributed by atoms with Gasteiger partial charge >= 0.3 is 22.1 Å². The van der Waals surface area contributed by atoms with Crippen molar-refractivity contribution in [3.8, 4) is 0 Å². The predicted molar refractivity (Wildman–Crippen MR) is 129 cm³/mol. The van der Waals surface area contributed by atoms with Crippen LogP contribution in [0.25, 0.3) is 0 Å². The van der Waals surface area contributed by atoms with Crippen molar-refractivity contribution in [1.82, 2.24) is 9.03 Å². The Labute approximate surface area is 216 Å². The van der Waals surface area contributed by atoms with Gasteiger partial charge in [0.1, 0.15) is 6.61 Å². The van der Waals surface area contributed by atoms with Crippen molar-refractivity contribution >= 4 is 68.6 Å². The van der Waals surface area contributed by atoms with E-state index in [9.17, 15) is 18.0 Å². The molecule has 0 fully saturated rings. The summed E-state index contributed by atoms with van der Waals surface area (Å²) in [6.07, 6.45) is 0.901. The Bertz CT molecular complexity index is 1250. The maximum absolute atomic E-state index is 13.1. The van der Waals surface area contributed by atoms with Crippen molar-refractivity contribution in [3.05, 3.63) is 79.4 Å². The monoisotopic (exact) mass is 566 g/mol. The highest BCUT2D eigenvalue weighted by Gasteiger charge is 2.37. The number of rotatable bonds is 8. The first-order valence-electron chi connectivity index (χ1n) is 9.76. The number of halogens is 4. The van der Waals surface area contributed by atoms with Gasteiger partial charge in [-0.3, -0.25) is 9.10 Å². The van der Waals surface area contributed by atoms with Gasteiger partial charge < -0.3 is 9.84 Å². The summed E-state index contributed by atoms with van der Waals surface area (Å²) in [6, 6.07) is 7.94. The lowest BCUT2D eigenvalue weighted by molar-refractivity contribution is -0.141. The molecule has 2 aromatic carbocycles. The summed E-state index contributed by atoms with van der Waals surface area (Å²) in [7, 11) is -4.11. The Kier molecular flexibility index (Phi) is 8.72. The topological polar surface area (TPSA) is 113 Å². The lowest BCUT2D eigenvalue weighted by atomic mass is 10.00. The zero-order valence-electron chi connectivity index (χ0n) is 17.3. The number of carboxylic acids is 1. The summed E-state index contributed by atoms with van der Waals surface area (Å²) in [5.41, 5.74) is 0.725. The number of benzene rings is 2. The van der Waals surface area contributed by atoms with Gasteiger partial charge in [-0.15, -0.1) is 0 Å². The molecule has 3 rings (SSSR count). The van der Waals surface area contributed by atoms with E-state index in [-0.39, 0.29) is 42.2 Å². The van der Waals surface area contributed by atoms with Crippen LogP contribution in [0.3, 0.4) is 0 Å². The van der Waals surface area contributed by atoms with Crippen LogP contribution in [0.1, 0.15) is 30.0 Å². The molecule has 182 valence electrons. The molecule has 0 aromatic heterocycles. The number of aliphatic carboxylic acids is 1. The van der Waals surface area contributed by atoms with E-state index in [0.717, 1.165) is 10.5 Å². The molecule has 1 aliphatic rings. The van der Waals surface area contributed by atoms with Crippen LogP contribution in [0, 0.1) is 0 Å². The van der Waals surface area contributed by atoms with E-state index in [0.29, 0.717) is 20.6 Å². The molecule has 34 heavy (non-hydrogen) atoms. The number of nitrogens with one attached hydrogen (secondary N) is 1. The van der Waals surface area contributed by atoms with Crippen LogP contribution in [0.15, 0.2) is 48.2 Å². The van der Waals surface area contributed by atoms with E-state index < -0.39 is 28.2 Å². The minimum Gasteiger partial charge on any atom is -0.481 e. The Hall–Kier alpha value is -2.01. The van der Waals surface area contributed by atoms with E-state index in [1.165, 1.54) is 24.3 Å². The Morgan fingerprint density at radius 2 is 1.68 bits per heavy atom. The molecule has 1 heterocycles. The number of carboxylic acid groups (broad SMARTS) is 1. The molecule has 2 aromatic rings. The van der Waals surface area contributed by atoms with Crippen LogP contribution in [0.2, 0.25) is 20.1 Å². The van der Waals surface area contributed by atoms with Gasteiger partial charge in [0.15, 0.2) is 0 Å². The molecule has 0 spiro atoms. The largest absolute Gasteiger partial charge is 0.481 e. The van der Waals surface area contributed by atoms with E-state index in [2.05, 4.69) is 4.72 Å². The van der Waals surface area contributed by atoms with Gasteiger partial charge in [0.25, 0.3) is 0 Å². The third kappa shape index (κ3) is 6.56. The van der Waals surface area contributed by atoms with Gasteiger partial charge in [-0.2, -0.15) is 13.1 Å². The fourth-order valence-corrected chi connectivity index (χ4v) is 5.44. The van der Waals surface area contributed by atoms with Gasteiger partial charge in [-0.1, -0.05) is 58.5 Å². The number of nitrogens with zero attached hydrogens (tertiary/aromatic N) is 1. The molecule has 2 N–H and O–H groups in total. The van der Waals surface area contributed by atoms with E-state index in [1.54, 1.807) is 12.1 Å². The number of hydrogen-bond donors (Lipinski definition) is 2. The van der Waals surface area contributed by atoms with Crippen molar-refractivity contribution in [2.24, 2.45) is 0 Å². The van der Waals surface area contributed by atoms with Crippen LogP contribution in [0.5, 0.6) is 0 Å². The minimum absolute atomic E-state index is 0.0296. The van der Waals surface area contributed by atoms with E-state index in [4.69, 9.17) is 56.2 Å². The van der Waals surface area contributed by atoms with Crippen LogP contribution in [-0.4, -0.2) is 36.3 Å². The first-order valence-corrected chi connectivity index (χ1v) is 12.7. The number of carbonyl (C=O) groups excluding carboxylic acids is 1. The standard InChI is InChI=1S/C21H18Cl4N2O6S/c22-13-4-3-12(17(24)8-13)11-33-21(30)16-10-27(7-1-2-19(28)29)34(31,32)26-20(16)15-6-5-14(23)9-18(15)25/h3-6,8-10,20,26H,1-2,7,11H2,(H,28,29). The first-order chi connectivity index (χ1) is 16.0. The second-order valence-corrected chi connectivity index (χ2v) is 10.6. The SMILES string of the molecule is O=C(O)CCCN1C=C(C(=O)OCc2ccc(Cl)cc2Cl)C(c2ccc(Cl)cc2Cl)NS1(=O)=O. The van der Waals surface area contributed by atoms with Crippen LogP contribution in [0.4, 0.5) is 0 Å². The summed E-state index contributed by atoms with van der Waals surface area (Å²) in [4.78, 5) is 23.9. The van der Waals surface area contributed by atoms with Crippen LogP contribution >= 0.6 is 46.4 Å². The smallest absolute Gasteiger partial charge is 0.337 e. The molecule has 0 bridgehead atoms. The minimum atomic E-state index is -4.11. The zero-order valence-corrected chi connectivity index (χ0v) is 21.1. The fourth-order valence-electron chi connectivity index (χ4n) is 3.15. The van der Waals surface area contributed by atoms with Gasteiger partial charge in [-0.05, 0) is 36.2 Å². The molecular weight excluding hydrogens is 550 g/mol. The molecule has 0 amide bonds. The second kappa shape index (κ2) is 11.2. The maximum Gasteiger partial charge on any atom is 0.337 e. The predicted octanol–water partition coefficient (Wildman–Crippen LogP) is 4.98. The Morgan fingerprint density at radius 1 is 1.03 bits per heavy atom. The Morgan fingerprint density at radius 3 is 2.29 bits per heavy atom. The molecule has 0 aliphatic carbocycles. The quantitative estimate of drug-likeness (QED) is 0.435. The average Bonchev–Trinajstić information content (AvgIpc) is 2.73. The Balaban J connectivity index is 1.94. The van der Waals surface area contributed by atoms with Crippen molar-refractivity contribution in [1.29, 1.82) is 0 Å². The molecular formula is C21H18Cl4N2O6S. The highest BCUT2D eigenvalue weighted by atomic mass is 35.5. The number of carbonyl (C=O) groups is 2. The second-order valence-electron chi connectivity index (χ2n) is 7.23. The molecule has 8 nitrogen and oxygen atoms in total. The lowest BCUT2D eigenvalue weighted by Gasteiger charge is -2.32. The van der Waals surface area contributed by atoms with Gasteiger partial charge in [-0.25, -0.2) is 4.79 Å². The molecule has 0 saturated heterocycles. The van der Waals surface area contributed by atoms with E-state index in [1.807, 2.05) is 0 Å². The van der Waals surface area contributed by atoms with Crippen molar-refractivity contribution in [2.45, 2.75) is 25.5 Å². The summed E-state index contributed by atoms with van der Waals surface area (Å²) in [5, 5.41) is 10.0. The van der Waals surface area contributed by atoms with Crippen molar-refractivity contribution < 1.29 is 27.9 Å². The zero-order chi connectivity index (χ0) is 25.0. The summed E-state index contributed by atoms with van der Waals surface area (Å²) in [6.45, 7) is -0.360. The number of ether oxygens (including phenoxy) is 1. The van der Waals surface area contributed by atoms with Gasteiger partial charge in [0.2, 0.25) is 0 Å². The molecule has 0 radical (unpaired) electrons. The molecule has 1 atom stereocenters. The van der Waals surface area contributed by atoms with E-state index >= 15 is 0 Å². The molecule has 1 aliphatic heterocycles.